The first-order valence-corrected chi connectivity index (χ1v) is 9.65. The molecular weight excluding hydrogens is 350 g/mol. The molecule has 8 nitrogen and oxygen atoms in total. The van der Waals surface area contributed by atoms with Crippen molar-refractivity contribution in [3.8, 4) is 0 Å². The molecule has 2 heterocycles. The monoisotopic (exact) mass is 381 g/mol. The molecule has 0 radical (unpaired) electrons. The van der Waals surface area contributed by atoms with Gasteiger partial charge in [-0.2, -0.15) is 0 Å². The molecule has 1 fully saturated rings. The van der Waals surface area contributed by atoms with E-state index in [1.807, 2.05) is 0 Å². The summed E-state index contributed by atoms with van der Waals surface area (Å²) in [4.78, 5) is 37.9. The van der Waals surface area contributed by atoms with E-state index < -0.39 is 0 Å². The van der Waals surface area contributed by atoms with Crippen LogP contribution in [0.2, 0.25) is 0 Å². The lowest BCUT2D eigenvalue weighted by Crippen LogP contribution is -2.35. The fourth-order valence-corrected chi connectivity index (χ4v) is 3.16. The molecule has 0 saturated carbocycles. The highest BCUT2D eigenvalue weighted by molar-refractivity contribution is 6.13. The van der Waals surface area contributed by atoms with Gasteiger partial charge in [0.15, 0.2) is 0 Å². The van der Waals surface area contributed by atoms with E-state index in [0.717, 1.165) is 36.4 Å². The molecule has 1 N–H and O–H groups in total. The third kappa shape index (κ3) is 7.40. The highest BCUT2D eigenvalue weighted by atomic mass is 16.5. The maximum Gasteiger partial charge on any atom is 0.253 e. The van der Waals surface area contributed by atoms with Gasteiger partial charge in [0.2, 0.25) is 5.91 Å². The Hall–Kier alpha value is -1.77. The third-order valence-electron chi connectivity index (χ3n) is 5.02. The van der Waals surface area contributed by atoms with Gasteiger partial charge in [-0.25, -0.2) is 0 Å². The molecule has 3 amide bonds. The Bertz CT molecular complexity index is 523. The van der Waals surface area contributed by atoms with Gasteiger partial charge < -0.3 is 19.7 Å². The van der Waals surface area contributed by atoms with Gasteiger partial charge in [0.1, 0.15) is 0 Å². The summed E-state index contributed by atoms with van der Waals surface area (Å²) < 4.78 is 11.0. The van der Waals surface area contributed by atoms with Crippen LogP contribution in [0.1, 0.15) is 20.3 Å². The first-order valence-electron chi connectivity index (χ1n) is 9.65. The van der Waals surface area contributed by atoms with E-state index in [4.69, 9.17) is 9.47 Å². The SMILES string of the molecule is CC1CN(CCOCCOCCNC(=O)CCN2C(=O)C=CC2=O)CC1C. The van der Waals surface area contributed by atoms with Crippen molar-refractivity contribution >= 4 is 17.7 Å². The predicted octanol–water partition coefficient (Wildman–Crippen LogP) is 0.0387. The molecule has 2 rings (SSSR count). The van der Waals surface area contributed by atoms with Crippen LogP contribution in [0.25, 0.3) is 0 Å². The molecule has 0 bridgehead atoms. The van der Waals surface area contributed by atoms with Gasteiger partial charge in [-0.05, 0) is 11.8 Å². The van der Waals surface area contributed by atoms with Crippen molar-refractivity contribution in [2.24, 2.45) is 11.8 Å². The molecule has 152 valence electrons. The number of nitrogens with one attached hydrogen (secondary N) is 1. The number of nitrogens with zero attached hydrogens (tertiary/aromatic N) is 2. The van der Waals surface area contributed by atoms with Crippen LogP contribution in [-0.2, 0) is 23.9 Å². The van der Waals surface area contributed by atoms with E-state index in [0.29, 0.717) is 33.0 Å². The van der Waals surface area contributed by atoms with Crippen LogP contribution in [0, 0.1) is 11.8 Å². The largest absolute Gasteiger partial charge is 0.378 e. The summed E-state index contributed by atoms with van der Waals surface area (Å²) in [5.74, 6) is 0.569. The van der Waals surface area contributed by atoms with Crippen LogP contribution in [0.3, 0.4) is 0 Å². The number of imide groups is 1. The zero-order valence-electron chi connectivity index (χ0n) is 16.3. The number of amides is 3. The normalized spacial score (nSPS) is 22.8. The van der Waals surface area contributed by atoms with Gasteiger partial charge in [-0.1, -0.05) is 13.8 Å². The lowest BCUT2D eigenvalue weighted by atomic mass is 10.0. The summed E-state index contributed by atoms with van der Waals surface area (Å²) >= 11 is 0. The number of rotatable bonds is 12. The van der Waals surface area contributed by atoms with Crippen molar-refractivity contribution in [3.63, 3.8) is 0 Å². The van der Waals surface area contributed by atoms with Crippen molar-refractivity contribution in [2.75, 3.05) is 59.2 Å². The zero-order chi connectivity index (χ0) is 19.6. The summed E-state index contributed by atoms with van der Waals surface area (Å²) in [6, 6.07) is 0. The van der Waals surface area contributed by atoms with Crippen LogP contribution >= 0.6 is 0 Å². The van der Waals surface area contributed by atoms with E-state index in [2.05, 4.69) is 24.1 Å². The number of likely N-dealkylation sites (tertiary alicyclic amines) is 1. The average molecular weight is 381 g/mol. The number of hydrogen-bond donors (Lipinski definition) is 1. The minimum Gasteiger partial charge on any atom is -0.378 e. The minimum atomic E-state index is -0.370. The molecule has 2 unspecified atom stereocenters. The molecule has 0 aromatic heterocycles. The highest BCUT2D eigenvalue weighted by Gasteiger charge is 2.25. The summed E-state index contributed by atoms with van der Waals surface area (Å²) in [6.07, 6.45) is 2.51. The fraction of sp³-hybridized carbons (Fsp3) is 0.737. The van der Waals surface area contributed by atoms with E-state index >= 15 is 0 Å². The van der Waals surface area contributed by atoms with Gasteiger partial charge in [0.05, 0.1) is 26.4 Å². The Balaban J connectivity index is 1.37. The Labute approximate surface area is 160 Å². The van der Waals surface area contributed by atoms with Gasteiger partial charge in [-0.3, -0.25) is 19.3 Å². The van der Waals surface area contributed by atoms with Crippen LogP contribution < -0.4 is 5.32 Å². The molecule has 0 aliphatic carbocycles. The molecular formula is C19H31N3O5. The molecule has 2 atom stereocenters. The number of carbonyl (C=O) groups excluding carboxylic acids is 3. The topological polar surface area (TPSA) is 88.2 Å². The van der Waals surface area contributed by atoms with Gasteiger partial charge in [0, 0.05) is 51.3 Å². The average Bonchev–Trinajstić information content (AvgIpc) is 3.12. The first kappa shape index (κ1) is 21.5. The molecule has 2 aliphatic rings. The molecule has 2 aliphatic heterocycles. The Morgan fingerprint density at radius 2 is 1.59 bits per heavy atom. The van der Waals surface area contributed by atoms with E-state index in [1.165, 1.54) is 12.2 Å². The summed E-state index contributed by atoms with van der Waals surface area (Å²) in [7, 11) is 0. The molecule has 0 aromatic carbocycles. The number of hydrogen-bond acceptors (Lipinski definition) is 6. The van der Waals surface area contributed by atoms with Gasteiger partial charge in [0.25, 0.3) is 11.8 Å². The first-order chi connectivity index (χ1) is 13.0. The molecule has 27 heavy (non-hydrogen) atoms. The van der Waals surface area contributed by atoms with Crippen molar-refractivity contribution in [3.05, 3.63) is 12.2 Å². The zero-order valence-corrected chi connectivity index (χ0v) is 16.3. The van der Waals surface area contributed by atoms with Crippen LogP contribution in [0.5, 0.6) is 0 Å². The lowest BCUT2D eigenvalue weighted by molar-refractivity contribution is -0.137. The second-order valence-corrected chi connectivity index (χ2v) is 7.20. The highest BCUT2D eigenvalue weighted by Crippen LogP contribution is 2.21. The fourth-order valence-electron chi connectivity index (χ4n) is 3.16. The van der Waals surface area contributed by atoms with Gasteiger partial charge >= 0.3 is 0 Å². The summed E-state index contributed by atoms with van der Waals surface area (Å²) in [6.45, 7) is 10.5. The van der Waals surface area contributed by atoms with Crippen LogP contribution in [0.4, 0.5) is 0 Å². The second-order valence-electron chi connectivity index (χ2n) is 7.20. The quantitative estimate of drug-likeness (QED) is 0.379. The van der Waals surface area contributed by atoms with E-state index in [9.17, 15) is 14.4 Å². The Kier molecular flexibility index (Phi) is 8.90. The number of carbonyl (C=O) groups is 3. The van der Waals surface area contributed by atoms with Crippen molar-refractivity contribution in [1.29, 1.82) is 0 Å². The molecule has 8 heteroatoms. The van der Waals surface area contributed by atoms with E-state index in [-0.39, 0.29) is 30.7 Å². The number of ether oxygens (including phenoxy) is 2. The Morgan fingerprint density at radius 1 is 1.00 bits per heavy atom. The maximum atomic E-state index is 11.7. The van der Waals surface area contributed by atoms with Crippen molar-refractivity contribution in [2.45, 2.75) is 20.3 Å². The molecule has 0 aromatic rings. The smallest absolute Gasteiger partial charge is 0.253 e. The Morgan fingerprint density at radius 3 is 2.22 bits per heavy atom. The summed E-state index contributed by atoms with van der Waals surface area (Å²) in [5, 5.41) is 2.70. The van der Waals surface area contributed by atoms with E-state index in [1.54, 1.807) is 0 Å². The van der Waals surface area contributed by atoms with Crippen LogP contribution in [-0.4, -0.2) is 86.7 Å². The lowest BCUT2D eigenvalue weighted by Gasteiger charge is -2.15. The van der Waals surface area contributed by atoms with Crippen LogP contribution in [0.15, 0.2) is 12.2 Å². The second kappa shape index (κ2) is 11.2. The molecule has 0 spiro atoms. The maximum absolute atomic E-state index is 11.7. The van der Waals surface area contributed by atoms with Crippen molar-refractivity contribution in [1.82, 2.24) is 15.1 Å². The standard InChI is InChI=1S/C19H31N3O5/c1-15-13-21(14-16(15)2)8-10-27-12-11-26-9-6-20-17(23)5-7-22-18(24)3-4-19(22)25/h3-4,15-16H,5-14H2,1-2H3,(H,20,23). The van der Waals surface area contributed by atoms with Gasteiger partial charge in [-0.15, -0.1) is 0 Å². The van der Waals surface area contributed by atoms with Crippen molar-refractivity contribution < 1.29 is 23.9 Å². The minimum absolute atomic E-state index is 0.0933. The third-order valence-corrected chi connectivity index (χ3v) is 5.02. The molecule has 1 saturated heterocycles. The summed E-state index contributed by atoms with van der Waals surface area (Å²) in [5.41, 5.74) is 0. The predicted molar refractivity (Wildman–Crippen MR) is 99.9 cm³/mol.